The van der Waals surface area contributed by atoms with Crippen molar-refractivity contribution in [2.45, 2.75) is 6.42 Å². The molecule has 0 saturated carbocycles. The lowest BCUT2D eigenvalue weighted by atomic mass is 10.1. The van der Waals surface area contributed by atoms with Crippen molar-refractivity contribution >= 4 is 23.0 Å². The second-order valence-electron chi connectivity index (χ2n) is 7.33. The van der Waals surface area contributed by atoms with Crippen molar-refractivity contribution in [3.05, 3.63) is 48.7 Å². The van der Waals surface area contributed by atoms with Gasteiger partial charge in [-0.3, -0.25) is 4.40 Å². The van der Waals surface area contributed by atoms with E-state index in [1.807, 2.05) is 4.31 Å². The molecule has 1 saturated heterocycles. The number of fused-ring (bicyclic) bond motifs is 1. The Morgan fingerprint density at radius 3 is 3.09 bits per heavy atom. The molecule has 1 aliphatic rings. The van der Waals surface area contributed by atoms with Crippen molar-refractivity contribution in [2.75, 3.05) is 38.6 Å². The van der Waals surface area contributed by atoms with Crippen LogP contribution in [0.3, 0.4) is 0 Å². The number of halogens is 1. The Morgan fingerprint density at radius 1 is 1.33 bits per heavy atom. The van der Waals surface area contributed by atoms with Crippen molar-refractivity contribution < 1.29 is 17.8 Å². The van der Waals surface area contributed by atoms with E-state index in [1.165, 1.54) is 19.4 Å². The quantitative estimate of drug-likeness (QED) is 0.426. The molecule has 5 rings (SSSR count). The van der Waals surface area contributed by atoms with Gasteiger partial charge in [0.15, 0.2) is 22.7 Å². The molecule has 10 nitrogen and oxygen atoms in total. The molecular formula is C21H22FN7O3S. The number of anilines is 1. The first-order chi connectivity index (χ1) is 16.1. The minimum Gasteiger partial charge on any atom is -0.494 e. The van der Waals surface area contributed by atoms with Gasteiger partial charge in [0.05, 0.1) is 12.8 Å². The zero-order chi connectivity index (χ0) is 22.8. The number of methoxy groups -OCH3 is 1. The predicted octanol–water partition coefficient (Wildman–Crippen LogP) is 2.48. The van der Waals surface area contributed by atoms with E-state index in [4.69, 9.17) is 9.15 Å². The molecule has 33 heavy (non-hydrogen) atoms. The Morgan fingerprint density at radius 2 is 2.24 bits per heavy atom. The summed E-state index contributed by atoms with van der Waals surface area (Å²) in [7, 11) is 1.42. The highest BCUT2D eigenvalue weighted by atomic mass is 32.2. The SMILES string of the molecule is COc1cc(-c2nc3occn3c2-c2ccnc(NCCN3CCCNS3=O)n2)ccc1F. The van der Waals surface area contributed by atoms with Crippen molar-refractivity contribution in [1.82, 2.24) is 28.4 Å². The molecular weight excluding hydrogens is 449 g/mol. The molecule has 1 fully saturated rings. The van der Waals surface area contributed by atoms with Gasteiger partial charge in [-0.2, -0.15) is 4.98 Å². The first-order valence-electron chi connectivity index (χ1n) is 10.4. The molecule has 1 atom stereocenters. The van der Waals surface area contributed by atoms with Crippen molar-refractivity contribution in [3.63, 3.8) is 0 Å². The lowest BCUT2D eigenvalue weighted by Crippen LogP contribution is -2.44. The van der Waals surface area contributed by atoms with Crippen LogP contribution in [-0.2, 0) is 11.2 Å². The Balaban J connectivity index is 1.44. The van der Waals surface area contributed by atoms with E-state index < -0.39 is 17.0 Å². The Hall–Kier alpha value is -3.35. The number of nitrogens with one attached hydrogen (secondary N) is 2. The fourth-order valence-electron chi connectivity index (χ4n) is 3.69. The molecule has 2 N–H and O–H groups in total. The van der Waals surface area contributed by atoms with Crippen LogP contribution < -0.4 is 14.8 Å². The normalized spacial score (nSPS) is 16.8. The minimum atomic E-state index is -1.16. The third-order valence-electron chi connectivity index (χ3n) is 5.27. The standard InChI is InChI=1S/C21H22FN7O3S/c1-31-17-13-14(3-4-15(17)22)18-19(29-11-12-32-21(29)27-18)16-5-7-23-20(26-16)24-8-10-28-9-2-6-25-33(28)30/h3-5,7,11-13,25H,2,6,8-10H2,1H3,(H,23,24,26). The van der Waals surface area contributed by atoms with Crippen LogP contribution in [0, 0.1) is 5.82 Å². The maximum atomic E-state index is 14.0. The molecule has 4 heterocycles. The van der Waals surface area contributed by atoms with E-state index in [2.05, 4.69) is 25.0 Å². The Labute approximate surface area is 191 Å². The smallest absolute Gasteiger partial charge is 0.306 e. The lowest BCUT2D eigenvalue weighted by Gasteiger charge is -2.25. The van der Waals surface area contributed by atoms with Gasteiger partial charge in [0.1, 0.15) is 17.7 Å². The third-order valence-corrected chi connectivity index (χ3v) is 6.56. The van der Waals surface area contributed by atoms with E-state index in [1.54, 1.807) is 35.0 Å². The van der Waals surface area contributed by atoms with Gasteiger partial charge in [-0.25, -0.2) is 27.6 Å². The summed E-state index contributed by atoms with van der Waals surface area (Å²) in [6.45, 7) is 2.66. The molecule has 0 bridgehead atoms. The van der Waals surface area contributed by atoms with Crippen LogP contribution in [-0.4, -0.2) is 61.2 Å². The molecule has 172 valence electrons. The number of benzene rings is 1. The van der Waals surface area contributed by atoms with E-state index in [-0.39, 0.29) is 5.75 Å². The zero-order valence-electron chi connectivity index (χ0n) is 17.8. The van der Waals surface area contributed by atoms with Gasteiger partial charge in [-0.1, -0.05) is 0 Å². The Bertz CT molecular complexity index is 1310. The first-order valence-corrected chi connectivity index (χ1v) is 11.5. The first kappa shape index (κ1) is 21.5. The van der Waals surface area contributed by atoms with Gasteiger partial charge in [-0.05, 0) is 30.7 Å². The van der Waals surface area contributed by atoms with Crippen molar-refractivity contribution in [1.29, 1.82) is 0 Å². The summed E-state index contributed by atoms with van der Waals surface area (Å²) in [5, 5.41) is 3.19. The number of imidazole rings is 1. The fourth-order valence-corrected chi connectivity index (χ4v) is 4.74. The summed E-state index contributed by atoms with van der Waals surface area (Å²) in [6.07, 6.45) is 5.89. The van der Waals surface area contributed by atoms with E-state index in [9.17, 15) is 8.60 Å². The van der Waals surface area contributed by atoms with Gasteiger partial charge in [-0.15, -0.1) is 0 Å². The summed E-state index contributed by atoms with van der Waals surface area (Å²) in [6, 6.07) is 6.34. The van der Waals surface area contributed by atoms with Crippen LogP contribution in [0.25, 0.3) is 28.5 Å². The van der Waals surface area contributed by atoms with E-state index in [0.717, 1.165) is 19.5 Å². The number of aromatic nitrogens is 4. The van der Waals surface area contributed by atoms with Gasteiger partial charge in [0.2, 0.25) is 5.95 Å². The average molecular weight is 472 g/mol. The highest BCUT2D eigenvalue weighted by Gasteiger charge is 2.21. The van der Waals surface area contributed by atoms with Gasteiger partial charge in [0, 0.05) is 44.1 Å². The third kappa shape index (κ3) is 4.32. The highest BCUT2D eigenvalue weighted by molar-refractivity contribution is 7.80. The minimum absolute atomic E-state index is 0.123. The number of hydrogen-bond acceptors (Lipinski definition) is 7. The molecule has 1 aliphatic heterocycles. The topological polar surface area (TPSA) is 110 Å². The number of oxazole rings is 1. The van der Waals surface area contributed by atoms with Gasteiger partial charge in [0.25, 0.3) is 0 Å². The van der Waals surface area contributed by atoms with Crippen LogP contribution in [0.4, 0.5) is 10.3 Å². The summed E-state index contributed by atoms with van der Waals surface area (Å²) in [5.41, 5.74) is 2.53. The molecule has 1 unspecified atom stereocenters. The van der Waals surface area contributed by atoms with Crippen LogP contribution >= 0.6 is 0 Å². The van der Waals surface area contributed by atoms with Gasteiger partial charge >= 0.3 is 5.84 Å². The summed E-state index contributed by atoms with van der Waals surface area (Å²) >= 11 is -1.16. The maximum absolute atomic E-state index is 14.0. The summed E-state index contributed by atoms with van der Waals surface area (Å²) in [5.74, 6) is 0.489. The predicted molar refractivity (Wildman–Crippen MR) is 121 cm³/mol. The van der Waals surface area contributed by atoms with Crippen LogP contribution in [0.1, 0.15) is 6.42 Å². The zero-order valence-corrected chi connectivity index (χ0v) is 18.6. The summed E-state index contributed by atoms with van der Waals surface area (Å²) in [4.78, 5) is 13.5. The highest BCUT2D eigenvalue weighted by Crippen LogP contribution is 2.34. The molecule has 0 spiro atoms. The molecule has 3 aromatic heterocycles. The lowest BCUT2D eigenvalue weighted by molar-refractivity contribution is 0.387. The van der Waals surface area contributed by atoms with Crippen molar-refractivity contribution in [2.24, 2.45) is 0 Å². The number of ether oxygens (including phenoxy) is 1. The van der Waals surface area contributed by atoms with Crippen molar-refractivity contribution in [3.8, 4) is 28.4 Å². The van der Waals surface area contributed by atoms with E-state index in [0.29, 0.717) is 47.5 Å². The summed E-state index contributed by atoms with van der Waals surface area (Å²) < 4.78 is 43.2. The molecule has 0 radical (unpaired) electrons. The van der Waals surface area contributed by atoms with Crippen LogP contribution in [0.2, 0.25) is 0 Å². The second-order valence-corrected chi connectivity index (χ2v) is 8.64. The monoisotopic (exact) mass is 471 g/mol. The van der Waals surface area contributed by atoms with Crippen LogP contribution in [0.5, 0.6) is 5.75 Å². The number of rotatable bonds is 7. The Kier molecular flexibility index (Phi) is 6.03. The largest absolute Gasteiger partial charge is 0.494 e. The number of nitrogens with zero attached hydrogens (tertiary/aromatic N) is 5. The molecule has 1 aromatic carbocycles. The molecule has 4 aromatic rings. The molecule has 0 amide bonds. The van der Waals surface area contributed by atoms with Gasteiger partial charge < -0.3 is 14.5 Å². The molecule has 0 aliphatic carbocycles. The maximum Gasteiger partial charge on any atom is 0.306 e. The second kappa shape index (κ2) is 9.25. The average Bonchev–Trinajstić information content (AvgIpc) is 3.42. The fraction of sp³-hybridized carbons (Fsp3) is 0.286. The van der Waals surface area contributed by atoms with Crippen LogP contribution in [0.15, 0.2) is 47.3 Å². The molecule has 12 heteroatoms. The van der Waals surface area contributed by atoms with E-state index >= 15 is 0 Å². The number of hydrogen-bond donors (Lipinski definition) is 2.